The molecule has 0 aliphatic carbocycles. The summed E-state index contributed by atoms with van der Waals surface area (Å²) in [4.78, 5) is 0. The molecule has 137 heavy (non-hydrogen) atoms. The lowest BCUT2D eigenvalue weighted by Crippen LogP contribution is -1.93. The zero-order valence-corrected chi connectivity index (χ0v) is 68.2. The molecule has 3 heteroatoms. The highest BCUT2D eigenvalue weighted by molar-refractivity contribution is 6.31. The summed E-state index contributed by atoms with van der Waals surface area (Å²) in [7, 11) is 0. The van der Waals surface area contributed by atoms with Gasteiger partial charge in [-0.1, -0.05) is 429 Å². The van der Waals surface area contributed by atoms with Gasteiger partial charge >= 0.3 is 0 Å². The first-order valence-corrected chi connectivity index (χ1v) is 40.5. The molecule has 0 fully saturated rings. The third kappa shape index (κ3) is 13.2. The smallest absolute Gasteiger partial charge is 0.136 e. The average molecular weight is 1820 g/mol. The summed E-state index contributed by atoms with van der Waals surface area (Å²) in [6.45, 7) is 0. The largest absolute Gasteiger partial charge is 0.456 e. The number of hydrogen-bond donors (Lipinski definition) is 0. The second-order valence-electron chi connectivity index (χ2n) is 29.8. The highest BCUT2D eigenvalue weighted by Gasteiger charge is 2.27. The Hall–Kier alpha value is -18.0. The van der Waals surface area contributed by atoms with E-state index in [0.29, 0.717) is 0 Å². The highest BCUT2D eigenvalue weighted by Crippen LogP contribution is 2.54. The number of rotatable bonds is 9. The van der Waals surface area contributed by atoms with E-state index < -0.39 is 780 Å². The summed E-state index contributed by atoms with van der Waals surface area (Å²) in [5, 5.41) is -18.0. The van der Waals surface area contributed by atoms with E-state index in [0.717, 1.165) is 0 Å². The fourth-order valence-electron chi connectivity index (χ4n) is 16.8. The molecular formula is C134H82O3. The molecule has 0 saturated carbocycles. The minimum absolute atomic E-state index is 0.469. The Morgan fingerprint density at radius 2 is 0.365 bits per heavy atom. The van der Waals surface area contributed by atoms with Crippen molar-refractivity contribution < 1.29 is 126 Å². The van der Waals surface area contributed by atoms with Crippen molar-refractivity contribution >= 4 is 184 Å². The second-order valence-corrected chi connectivity index (χ2v) is 29.8. The Morgan fingerprint density at radius 1 is 0.117 bits per heavy atom. The third-order valence-corrected chi connectivity index (χ3v) is 22.5. The van der Waals surface area contributed by atoms with Crippen molar-refractivity contribution in [3.05, 3.63) is 495 Å². The molecule has 3 heterocycles. The van der Waals surface area contributed by atoms with E-state index in [1.54, 1.807) is 0 Å². The molecule has 0 aliphatic rings. The van der Waals surface area contributed by atoms with Gasteiger partial charge in [-0.3, -0.25) is 0 Å². The topological polar surface area (TPSA) is 39.4 Å². The van der Waals surface area contributed by atoms with Crippen molar-refractivity contribution in [1.29, 1.82) is 0 Å². The molecule has 0 unspecified atom stereocenters. The van der Waals surface area contributed by atoms with Gasteiger partial charge in [-0.15, -0.1) is 0 Å². The van der Waals surface area contributed by atoms with Crippen LogP contribution in [0.25, 0.3) is 284 Å². The number of hydrogen-bond acceptors (Lipinski definition) is 3. The van der Waals surface area contributed by atoms with Crippen molar-refractivity contribution in [2.45, 2.75) is 0 Å². The summed E-state index contributed by atoms with van der Waals surface area (Å²) in [5.74, 6) is 0. The van der Waals surface area contributed by atoms with E-state index in [2.05, 4.69) is 0 Å². The molecule has 0 spiro atoms. The molecule has 3 nitrogen and oxygen atoms in total. The normalized spacial score (nSPS) is 20.2. The molecule has 0 saturated heterocycles. The molecule has 29 aromatic rings. The fraction of sp³-hybridized carbons (Fsp3) is 0. The predicted octanol–water partition coefficient (Wildman–Crippen LogP) is 38.4. The van der Waals surface area contributed by atoms with Crippen LogP contribution >= 0.6 is 0 Å². The maximum atomic E-state index is 9.94. The summed E-state index contributed by atoms with van der Waals surface area (Å²) in [6, 6.07) is -76.0. The molecule has 0 N–H and O–H groups in total. The summed E-state index contributed by atoms with van der Waals surface area (Å²) < 4.78 is 755. The summed E-state index contributed by atoms with van der Waals surface area (Å²) >= 11 is 0. The zero-order valence-electron chi connectivity index (χ0n) is 150. The van der Waals surface area contributed by atoms with Crippen LogP contribution in [0.3, 0.4) is 0 Å². The van der Waals surface area contributed by atoms with E-state index in [4.69, 9.17) is 83.2 Å². The van der Waals surface area contributed by atoms with E-state index in [9.17, 15) is 42.5 Å². The lowest BCUT2D eigenvalue weighted by molar-refractivity contribution is 0.669. The molecule has 636 valence electrons. The maximum Gasteiger partial charge on any atom is 0.136 e. The Bertz CT molecular complexity index is 15100. The van der Waals surface area contributed by atoms with Crippen LogP contribution in [0.4, 0.5) is 0 Å². The van der Waals surface area contributed by atoms with Gasteiger partial charge in [-0.2, -0.15) is 0 Å². The standard InChI is InChI=1S/C50H30O.2C42H26O/c1-2-13-32-28-35(25-24-31(32)12-1)36-26-27-43(38-17-6-5-16-37(36)38)48-39-18-7-9-20-41(39)49(42-21-10-8-19-40(42)48)44-22-11-23-46-50(44)45-29-33-14-3-4-15-34(33)30-47(45)51-46;1-2-12-27(13-3-1)28-16-10-17-31(24-28)40-32-18-6-8-20-34(32)41(35-21-9-7-19-33(35)40)36-22-11-23-38-42(36)37-25-29-14-4-5-15-30(29)26-39(37)43-38;1-2-11-27(12-3-1)28-21-23-29(24-22-28)40-32-15-6-8-17-34(32)41(35-18-9-7-16-33(35)40)36-19-10-20-38-42(36)37-25-30-13-4-5-14-31(30)26-39(37)43-38/h1-30H;2*1-26H/i1D,2D,3D,4D,5D,6D,7D,8D,9D,10D,11D,12D,13D,14D,15D,16D,17D,18D,19D,20D,21D,22D,23D,24D,25D,26D,27D,28D,29D,30D;2*1D,2D,3D,4D,5D,6D,7D,8D,9D,10D,11D,12D,13D,14D,15D,16D,17D,18D,19D,20D,21D,22D,23D,24D,25D,26D. The van der Waals surface area contributed by atoms with Gasteiger partial charge in [0.05, 0.1) is 112 Å². The van der Waals surface area contributed by atoms with E-state index in [1.165, 1.54) is 0 Å². The van der Waals surface area contributed by atoms with Crippen LogP contribution < -0.4 is 0 Å². The molecule has 3 aromatic heterocycles. The van der Waals surface area contributed by atoms with Crippen molar-refractivity contribution in [3.63, 3.8) is 0 Å². The third-order valence-electron chi connectivity index (χ3n) is 22.5. The number of fused-ring (bicyclic) bond motifs is 20. The lowest BCUT2D eigenvalue weighted by Gasteiger charge is -2.20. The van der Waals surface area contributed by atoms with Gasteiger partial charge in [0.25, 0.3) is 0 Å². The van der Waals surface area contributed by atoms with Crippen LogP contribution in [0.1, 0.15) is 112 Å². The van der Waals surface area contributed by atoms with Gasteiger partial charge in [0.1, 0.15) is 33.5 Å². The molecule has 0 aliphatic heterocycles. The van der Waals surface area contributed by atoms with Crippen LogP contribution in [0.5, 0.6) is 0 Å². The summed E-state index contributed by atoms with van der Waals surface area (Å²) in [6.07, 6.45) is 0. The maximum absolute atomic E-state index is 9.94. The number of benzene rings is 26. The van der Waals surface area contributed by atoms with Crippen molar-refractivity contribution in [2.24, 2.45) is 0 Å². The van der Waals surface area contributed by atoms with Gasteiger partial charge in [0, 0.05) is 32.3 Å². The Labute approximate surface area is 904 Å². The van der Waals surface area contributed by atoms with Crippen molar-refractivity contribution in [1.82, 2.24) is 0 Å². The lowest BCUT2D eigenvalue weighted by atomic mass is 9.83. The molecule has 26 aromatic carbocycles. The molecular weight excluding hydrogens is 1660 g/mol. The van der Waals surface area contributed by atoms with Crippen LogP contribution in [0, 0.1) is 0 Å². The first-order chi connectivity index (χ1) is 102. The molecule has 0 bridgehead atoms. The van der Waals surface area contributed by atoms with E-state index in [-0.39, 0.29) is 0 Å². The minimum Gasteiger partial charge on any atom is -0.456 e. The first-order valence-electron chi connectivity index (χ1n) is 81.5. The number of furan rings is 3. The SMILES string of the molecule is [2H]c1c([2H])c(-c2c3c([2H])c([2H])c([2H])c([2H])c3c(-c3c([2H])c([2H])c(-c4c([2H])c([2H])c5c([2H])c([2H])c([2H])c([2H])c5c4[2H])c4c([2H])c([2H])c([2H])c([2H])c34)c3c([2H])c([2H])c([2H])c([2H])c23)c2c(oc3c([2H])c4c([2H])c([2H])c([2H])c([2H])c4c([2H])c32)c1[2H].[2H]c1c([2H])c([2H])c(-c2c([2H])c([2H])c(-c3c4c([2H])c([2H])c([2H])c([2H])c4c(-c4c([2H])c([2H])c([2H])c5oc6c([2H])c7c([2H])c([2H])c([2H])c([2H])c7c([2H])c6c45)c4c([2H])c([2H])c([2H])c([2H])c34)c([2H])c2[2H])c([2H])c1[2H].[2H]c1c([2H])c([2H])c(-c2c([2H])c([2H])c([2H])c(-c3c4c([2H])c([2H])c([2H])c([2H])c4c(-c4c([2H])c([2H])c([2H])c5oc6c([2H])c7c([2H])c([2H])c([2H])c([2H])c7c([2H])c6c45)c4c([2H])c([2H])c([2H])c([2H])c34)c2[2H])c([2H])c1[2H]. The van der Waals surface area contributed by atoms with Gasteiger partial charge in [0.15, 0.2) is 0 Å². The average Bonchev–Trinajstić information content (AvgIpc) is 1.67. The van der Waals surface area contributed by atoms with E-state index in [1.807, 2.05) is 0 Å². The zero-order chi connectivity index (χ0) is 161. The quantitative estimate of drug-likeness (QED) is 0.135. The molecule has 29 rings (SSSR count). The van der Waals surface area contributed by atoms with Crippen LogP contribution in [0.15, 0.2) is 509 Å². The second kappa shape index (κ2) is 32.5. The first kappa shape index (κ1) is 32.1. The van der Waals surface area contributed by atoms with Crippen LogP contribution in [-0.4, -0.2) is 0 Å². The molecule has 0 atom stereocenters. The Balaban J connectivity index is 0.000000148. The van der Waals surface area contributed by atoms with Crippen LogP contribution in [-0.2, 0) is 0 Å². The molecule has 0 radical (unpaired) electrons. The van der Waals surface area contributed by atoms with Gasteiger partial charge in [0.2, 0.25) is 0 Å². The van der Waals surface area contributed by atoms with Crippen LogP contribution in [0.2, 0.25) is 0 Å². The van der Waals surface area contributed by atoms with E-state index >= 15 is 0 Å². The summed E-state index contributed by atoms with van der Waals surface area (Å²) in [5.41, 5.74) is -17.5. The highest BCUT2D eigenvalue weighted by atomic mass is 16.3. The Morgan fingerprint density at radius 3 is 0.745 bits per heavy atom. The minimum atomic E-state index is -1.15. The van der Waals surface area contributed by atoms with Crippen molar-refractivity contribution in [3.8, 4) is 100 Å². The fourth-order valence-corrected chi connectivity index (χ4v) is 16.8. The van der Waals surface area contributed by atoms with Gasteiger partial charge in [-0.05, 0) is 285 Å². The van der Waals surface area contributed by atoms with Gasteiger partial charge in [-0.25, -0.2) is 0 Å². The monoisotopic (exact) mass is 1820 g/mol. The predicted molar refractivity (Wildman–Crippen MR) is 583 cm³/mol. The van der Waals surface area contributed by atoms with Crippen molar-refractivity contribution in [2.75, 3.05) is 0 Å². The van der Waals surface area contributed by atoms with Gasteiger partial charge < -0.3 is 13.3 Å². The Kier molecular flexibility index (Phi) is 7.62. The molecule has 0 amide bonds.